The molecule has 0 aliphatic carbocycles. The fourth-order valence-electron chi connectivity index (χ4n) is 3.39. The number of nitrogens with zero attached hydrogens (tertiary/aromatic N) is 1. The lowest BCUT2D eigenvalue weighted by molar-refractivity contribution is 0.150. The second-order valence-corrected chi connectivity index (χ2v) is 7.62. The van der Waals surface area contributed by atoms with Gasteiger partial charge in [-0.3, -0.25) is 0 Å². The lowest BCUT2D eigenvalue weighted by Gasteiger charge is -2.23. The summed E-state index contributed by atoms with van der Waals surface area (Å²) in [5.41, 5.74) is 7.10. The van der Waals surface area contributed by atoms with E-state index in [0.717, 1.165) is 33.6 Å². The highest BCUT2D eigenvalue weighted by Crippen LogP contribution is 2.30. The maximum absolute atomic E-state index is 13.1. The highest BCUT2D eigenvalue weighted by atomic mass is 16.6. The first kappa shape index (κ1) is 20.4. The van der Waals surface area contributed by atoms with Gasteiger partial charge in [0.2, 0.25) is 0 Å². The van der Waals surface area contributed by atoms with Gasteiger partial charge < -0.3 is 4.74 Å². The van der Waals surface area contributed by atoms with Crippen LogP contribution in [0.15, 0.2) is 103 Å². The molecule has 0 aromatic heterocycles. The summed E-state index contributed by atoms with van der Waals surface area (Å²) in [5, 5.41) is 0. The zero-order chi connectivity index (χ0) is 21.6. The second kappa shape index (κ2) is 9.31. The van der Waals surface area contributed by atoms with Crippen molar-refractivity contribution in [2.24, 2.45) is 0 Å². The van der Waals surface area contributed by atoms with Gasteiger partial charge >= 0.3 is 6.09 Å². The van der Waals surface area contributed by atoms with E-state index in [1.54, 1.807) is 4.90 Å². The van der Waals surface area contributed by atoms with Crippen molar-refractivity contribution in [1.82, 2.24) is 0 Å². The minimum absolute atomic E-state index is 0.226. The molecule has 0 aliphatic rings. The van der Waals surface area contributed by atoms with Crippen LogP contribution in [0, 0.1) is 13.8 Å². The number of ether oxygens (including phenoxy) is 1. The summed E-state index contributed by atoms with van der Waals surface area (Å²) in [7, 11) is 0. The molecule has 154 valence electrons. The van der Waals surface area contributed by atoms with Crippen molar-refractivity contribution in [1.29, 1.82) is 0 Å². The maximum atomic E-state index is 13.1. The van der Waals surface area contributed by atoms with E-state index in [1.165, 1.54) is 5.56 Å². The predicted molar refractivity (Wildman–Crippen MR) is 127 cm³/mol. The molecule has 0 saturated carbocycles. The Morgan fingerprint density at radius 2 is 1.10 bits per heavy atom. The van der Waals surface area contributed by atoms with Gasteiger partial charge in [-0.25, -0.2) is 9.69 Å². The monoisotopic (exact) mass is 407 g/mol. The van der Waals surface area contributed by atoms with Crippen LogP contribution in [0.4, 0.5) is 16.2 Å². The summed E-state index contributed by atoms with van der Waals surface area (Å²) < 4.78 is 5.64. The fraction of sp³-hybridized carbons (Fsp3) is 0.107. The molecular weight excluding hydrogens is 382 g/mol. The number of rotatable bonds is 5. The van der Waals surface area contributed by atoms with Crippen LogP contribution in [-0.2, 0) is 11.3 Å². The van der Waals surface area contributed by atoms with Crippen molar-refractivity contribution in [3.63, 3.8) is 0 Å². The molecule has 3 heteroatoms. The van der Waals surface area contributed by atoms with E-state index < -0.39 is 6.09 Å². The van der Waals surface area contributed by atoms with Gasteiger partial charge in [0.15, 0.2) is 0 Å². The van der Waals surface area contributed by atoms with E-state index in [-0.39, 0.29) is 6.61 Å². The van der Waals surface area contributed by atoms with Crippen LogP contribution < -0.4 is 4.90 Å². The number of hydrogen-bond acceptors (Lipinski definition) is 2. The zero-order valence-electron chi connectivity index (χ0n) is 17.8. The summed E-state index contributed by atoms with van der Waals surface area (Å²) in [5.74, 6) is 0. The average molecular weight is 408 g/mol. The Hall–Kier alpha value is -3.85. The maximum Gasteiger partial charge on any atom is 0.419 e. The van der Waals surface area contributed by atoms with Gasteiger partial charge in [0.05, 0.1) is 11.4 Å². The number of aryl methyl sites for hydroxylation is 2. The second-order valence-electron chi connectivity index (χ2n) is 7.62. The summed E-state index contributed by atoms with van der Waals surface area (Å²) in [6, 6.07) is 34.0. The van der Waals surface area contributed by atoms with Gasteiger partial charge in [-0.1, -0.05) is 90.0 Å². The molecule has 0 spiro atoms. The van der Waals surface area contributed by atoms with E-state index >= 15 is 0 Å². The largest absolute Gasteiger partial charge is 0.444 e. The Balaban J connectivity index is 1.61. The van der Waals surface area contributed by atoms with E-state index in [2.05, 4.69) is 31.2 Å². The van der Waals surface area contributed by atoms with Crippen molar-refractivity contribution < 1.29 is 9.53 Å². The lowest BCUT2D eigenvalue weighted by atomic mass is 10.0. The van der Waals surface area contributed by atoms with Crippen molar-refractivity contribution in [2.75, 3.05) is 4.90 Å². The van der Waals surface area contributed by atoms with Gasteiger partial charge in [0, 0.05) is 0 Å². The van der Waals surface area contributed by atoms with Gasteiger partial charge in [-0.2, -0.15) is 0 Å². The number of anilines is 2. The van der Waals surface area contributed by atoms with E-state index in [9.17, 15) is 4.79 Å². The zero-order valence-corrected chi connectivity index (χ0v) is 17.8. The first-order valence-electron chi connectivity index (χ1n) is 10.3. The van der Waals surface area contributed by atoms with Crippen LogP contribution in [0.1, 0.15) is 16.7 Å². The van der Waals surface area contributed by atoms with Crippen LogP contribution in [0.3, 0.4) is 0 Å². The quantitative estimate of drug-likeness (QED) is 0.344. The third kappa shape index (κ3) is 5.01. The summed E-state index contributed by atoms with van der Waals surface area (Å²) in [6.45, 7) is 4.33. The highest BCUT2D eigenvalue weighted by Gasteiger charge is 2.20. The predicted octanol–water partition coefficient (Wildman–Crippen LogP) is 7.45. The van der Waals surface area contributed by atoms with Gasteiger partial charge in [-0.15, -0.1) is 0 Å². The molecule has 0 unspecified atom stereocenters. The SMILES string of the molecule is Cc1ccc(-c2ccc(N(C(=O)OCc3ccccc3)c3ccc(C)cc3)cc2)cc1. The molecule has 4 aromatic carbocycles. The normalized spacial score (nSPS) is 10.5. The molecule has 0 fully saturated rings. The van der Waals surface area contributed by atoms with E-state index in [1.807, 2.05) is 85.8 Å². The lowest BCUT2D eigenvalue weighted by Crippen LogP contribution is -2.26. The van der Waals surface area contributed by atoms with Crippen molar-refractivity contribution >= 4 is 17.5 Å². The minimum Gasteiger partial charge on any atom is -0.444 e. The third-order valence-electron chi connectivity index (χ3n) is 5.19. The molecule has 31 heavy (non-hydrogen) atoms. The molecule has 0 atom stereocenters. The number of carbonyl (C=O) groups excluding carboxylic acids is 1. The first-order valence-corrected chi connectivity index (χ1v) is 10.3. The van der Waals surface area contributed by atoms with Crippen molar-refractivity contribution in [2.45, 2.75) is 20.5 Å². The highest BCUT2D eigenvalue weighted by molar-refractivity contribution is 5.96. The first-order chi connectivity index (χ1) is 15.1. The van der Waals surface area contributed by atoms with Gasteiger partial charge in [0.1, 0.15) is 6.61 Å². The fourth-order valence-corrected chi connectivity index (χ4v) is 3.39. The topological polar surface area (TPSA) is 29.5 Å². The third-order valence-corrected chi connectivity index (χ3v) is 5.19. The Labute approximate surface area is 183 Å². The molecule has 0 radical (unpaired) electrons. The molecule has 0 saturated heterocycles. The minimum atomic E-state index is -0.407. The van der Waals surface area contributed by atoms with Crippen molar-refractivity contribution in [3.05, 3.63) is 120 Å². The van der Waals surface area contributed by atoms with E-state index in [4.69, 9.17) is 4.74 Å². The van der Waals surface area contributed by atoms with Crippen LogP contribution in [0.2, 0.25) is 0 Å². The van der Waals surface area contributed by atoms with Crippen LogP contribution >= 0.6 is 0 Å². The number of carbonyl (C=O) groups is 1. The molecule has 1 amide bonds. The van der Waals surface area contributed by atoms with Gasteiger partial charge in [0.25, 0.3) is 0 Å². The van der Waals surface area contributed by atoms with Crippen LogP contribution in [-0.4, -0.2) is 6.09 Å². The Morgan fingerprint density at radius 3 is 1.65 bits per heavy atom. The molecule has 0 aliphatic heterocycles. The Bertz CT molecular complexity index is 1130. The molecular formula is C28H25NO2. The smallest absolute Gasteiger partial charge is 0.419 e. The summed E-state index contributed by atoms with van der Waals surface area (Å²) in [4.78, 5) is 14.7. The number of benzene rings is 4. The van der Waals surface area contributed by atoms with Crippen LogP contribution in [0.5, 0.6) is 0 Å². The van der Waals surface area contributed by atoms with Gasteiger partial charge in [-0.05, 0) is 54.8 Å². The molecule has 0 heterocycles. The average Bonchev–Trinajstić information content (AvgIpc) is 2.81. The standard InChI is InChI=1S/C28H25NO2/c1-21-8-12-24(13-9-21)25-14-18-27(19-15-25)29(26-16-10-22(2)11-17-26)28(30)31-20-23-6-4-3-5-7-23/h3-19H,20H2,1-2H3. The van der Waals surface area contributed by atoms with Crippen molar-refractivity contribution in [3.8, 4) is 11.1 Å². The van der Waals surface area contributed by atoms with Crippen LogP contribution in [0.25, 0.3) is 11.1 Å². The number of amides is 1. The molecule has 4 aromatic rings. The summed E-state index contributed by atoms with van der Waals surface area (Å²) in [6.07, 6.45) is -0.407. The molecule has 4 rings (SSSR count). The molecule has 0 bridgehead atoms. The molecule has 3 nitrogen and oxygen atoms in total. The Kier molecular flexibility index (Phi) is 6.13. The Morgan fingerprint density at radius 1 is 0.645 bits per heavy atom. The number of hydrogen-bond donors (Lipinski definition) is 0. The summed E-state index contributed by atoms with van der Waals surface area (Å²) >= 11 is 0. The van der Waals surface area contributed by atoms with E-state index in [0.29, 0.717) is 0 Å². The molecule has 0 N–H and O–H groups in total.